The Hall–Kier alpha value is -0.710. The molecule has 2 aromatic rings. The average Bonchev–Trinajstić information content (AvgIpc) is 3.55. The second-order valence-electron chi connectivity index (χ2n) is 13.9. The van der Waals surface area contributed by atoms with E-state index in [9.17, 15) is 0 Å². The van der Waals surface area contributed by atoms with E-state index < -0.39 is 7.92 Å². The maximum Gasteiger partial charge on any atom is 0.0431 e. The van der Waals surface area contributed by atoms with E-state index in [-0.39, 0.29) is 21.3 Å². The summed E-state index contributed by atoms with van der Waals surface area (Å²) >= 11 is 0. The summed E-state index contributed by atoms with van der Waals surface area (Å²) in [7, 11) is -0.561. The quantitative estimate of drug-likeness (QED) is 0.268. The van der Waals surface area contributed by atoms with E-state index in [0.717, 1.165) is 11.1 Å². The van der Waals surface area contributed by atoms with Crippen LogP contribution in [0.1, 0.15) is 73.4 Å². The topological polar surface area (TPSA) is 0 Å². The third kappa shape index (κ3) is 2.40. The fourth-order valence-electron chi connectivity index (χ4n) is 8.29. The molecule has 4 heterocycles. The van der Waals surface area contributed by atoms with Crippen molar-refractivity contribution in [1.29, 1.82) is 0 Å². The first-order valence-corrected chi connectivity index (χ1v) is 17.0. The molecule has 4 aliphatic heterocycles. The molecule has 3 heteroatoms. The number of hydrogen-bond donors (Lipinski definition) is 0. The molecule has 0 amide bonds. The van der Waals surface area contributed by atoms with Gasteiger partial charge in [-0.25, -0.2) is 0 Å². The first-order valence-electron chi connectivity index (χ1n) is 12.8. The summed E-state index contributed by atoms with van der Waals surface area (Å²) in [5.41, 5.74) is 8.79. The molecule has 4 fully saturated rings. The molecule has 4 aliphatic rings. The summed E-state index contributed by atoms with van der Waals surface area (Å²) in [5, 5.41) is 1.29. The molecule has 0 spiro atoms. The minimum atomic E-state index is -0.427. The molecule has 0 radical (unpaired) electrons. The van der Waals surface area contributed by atoms with Crippen molar-refractivity contribution in [2.75, 3.05) is 0 Å². The van der Waals surface area contributed by atoms with Gasteiger partial charge in [-0.2, -0.15) is 0 Å². The van der Waals surface area contributed by atoms with Gasteiger partial charge in [0.25, 0.3) is 0 Å². The Balaban J connectivity index is 1.66. The summed E-state index contributed by atoms with van der Waals surface area (Å²) in [6.07, 6.45) is 0. The molecule has 6 rings (SSSR count). The monoisotopic (exact) mass is 504 g/mol. The summed E-state index contributed by atoms with van der Waals surface area (Å²) in [5.74, 6) is 3.76. The molecule has 0 nitrogen and oxygen atoms in total. The molecule has 8 atom stereocenters. The van der Waals surface area contributed by atoms with Crippen molar-refractivity contribution in [1.82, 2.24) is 0 Å². The fraction of sp³-hybridized carbons (Fsp3) is 0.548. The summed E-state index contributed by atoms with van der Waals surface area (Å²) in [6.45, 7) is 23.1. The molecule has 0 saturated carbocycles. The number of benzene rings is 2. The van der Waals surface area contributed by atoms with Crippen LogP contribution in [0.5, 0.6) is 0 Å². The van der Waals surface area contributed by atoms with Crippen molar-refractivity contribution in [2.24, 2.45) is 16.2 Å². The predicted molar refractivity (Wildman–Crippen MR) is 154 cm³/mol. The van der Waals surface area contributed by atoms with Gasteiger partial charge in [-0.15, -0.1) is 0 Å². The zero-order valence-corrected chi connectivity index (χ0v) is 25.0. The van der Waals surface area contributed by atoms with Gasteiger partial charge < -0.3 is 0 Å². The van der Waals surface area contributed by atoms with Gasteiger partial charge >= 0.3 is 0 Å². The van der Waals surface area contributed by atoms with E-state index in [1.165, 1.54) is 5.56 Å². The van der Waals surface area contributed by atoms with Gasteiger partial charge in [-0.1, -0.05) is 138 Å². The molecular formula is C31H39P3. The lowest BCUT2D eigenvalue weighted by Gasteiger charge is -2.51. The third-order valence-electron chi connectivity index (χ3n) is 8.99. The van der Waals surface area contributed by atoms with Gasteiger partial charge in [0.15, 0.2) is 0 Å². The minimum absolute atomic E-state index is 0.0228. The predicted octanol–water partition coefficient (Wildman–Crippen LogP) is 9.62. The van der Waals surface area contributed by atoms with Gasteiger partial charge in [0, 0.05) is 31.6 Å². The Labute approximate surface area is 211 Å². The van der Waals surface area contributed by atoms with Crippen LogP contribution in [0.4, 0.5) is 0 Å². The highest BCUT2D eigenvalue weighted by Gasteiger charge is 3.08. The first-order chi connectivity index (χ1) is 15.8. The summed E-state index contributed by atoms with van der Waals surface area (Å²) in [6, 6.07) is 22.6. The number of hydrogen-bond acceptors (Lipinski definition) is 0. The molecule has 178 valence electrons. The Morgan fingerprint density at radius 2 is 1.29 bits per heavy atom. The van der Waals surface area contributed by atoms with E-state index in [1.54, 1.807) is 5.56 Å². The van der Waals surface area contributed by atoms with Gasteiger partial charge in [-0.3, -0.25) is 0 Å². The molecular weight excluding hydrogens is 465 g/mol. The van der Waals surface area contributed by atoms with E-state index in [0.29, 0.717) is 25.8 Å². The maximum atomic E-state index is 4.15. The van der Waals surface area contributed by atoms with E-state index in [1.807, 2.05) is 0 Å². The molecule has 34 heavy (non-hydrogen) atoms. The van der Waals surface area contributed by atoms with Crippen LogP contribution in [0, 0.1) is 27.8 Å². The highest BCUT2D eigenvalue weighted by Crippen LogP contribution is 3.28. The maximum absolute atomic E-state index is 4.15. The normalized spacial score (nSPS) is 41.5. The lowest BCUT2D eigenvalue weighted by molar-refractivity contribution is 0.350. The van der Waals surface area contributed by atoms with Crippen molar-refractivity contribution in [2.45, 2.75) is 88.3 Å². The SMILES string of the molecule is CC(C)(C)C1P2C3C4(c5ccccc5)P1C4(C(C)(C)C)P(C#Cc1ccccc1)C32C(C)(C)C. The van der Waals surface area contributed by atoms with E-state index in [4.69, 9.17) is 0 Å². The lowest BCUT2D eigenvalue weighted by atomic mass is 9.76. The second kappa shape index (κ2) is 6.78. The molecule has 0 aromatic heterocycles. The van der Waals surface area contributed by atoms with Crippen LogP contribution in [0.25, 0.3) is 0 Å². The smallest absolute Gasteiger partial charge is 0.0431 e. The molecule has 2 aromatic carbocycles. The van der Waals surface area contributed by atoms with Crippen molar-refractivity contribution in [3.63, 3.8) is 0 Å². The Morgan fingerprint density at radius 1 is 0.735 bits per heavy atom. The summed E-state index contributed by atoms with van der Waals surface area (Å²) in [4.78, 5) is 0.790. The van der Waals surface area contributed by atoms with Gasteiger partial charge in [0.05, 0.1) is 0 Å². The lowest BCUT2D eigenvalue weighted by Crippen LogP contribution is -2.39. The zero-order chi connectivity index (χ0) is 24.5. The van der Waals surface area contributed by atoms with E-state index in [2.05, 4.69) is 135 Å². The molecule has 0 N–H and O–H groups in total. The molecule has 0 aliphatic carbocycles. The number of rotatable bonds is 1. The van der Waals surface area contributed by atoms with Crippen LogP contribution in [0.3, 0.4) is 0 Å². The standard InChI is InChI=1S/C31H39P3/c1-26(2,3)25-33-24-29(23-18-14-11-15-19-23)31(34(25)29,28(7,8)9)32(30(24,33)27(4,5)6)21-20-22-16-12-10-13-17-22/h10-19,24-25H,1-9H3. The minimum Gasteiger partial charge on any atom is -0.0796 e. The van der Waals surface area contributed by atoms with Crippen molar-refractivity contribution in [3.05, 3.63) is 71.8 Å². The highest BCUT2D eigenvalue weighted by atomic mass is 31.2. The fourth-order valence-corrected chi connectivity index (χ4v) is 31.3. The van der Waals surface area contributed by atoms with Crippen LogP contribution in [-0.2, 0) is 5.16 Å². The van der Waals surface area contributed by atoms with Gasteiger partial charge in [0.2, 0.25) is 0 Å². The van der Waals surface area contributed by atoms with Gasteiger partial charge in [0.1, 0.15) is 0 Å². The first kappa shape index (κ1) is 23.7. The van der Waals surface area contributed by atoms with Crippen LogP contribution >= 0.6 is 23.8 Å². The van der Waals surface area contributed by atoms with Crippen molar-refractivity contribution in [3.8, 4) is 11.6 Å². The van der Waals surface area contributed by atoms with Crippen LogP contribution in [0.15, 0.2) is 60.7 Å². The molecule has 8 unspecified atom stereocenters. The van der Waals surface area contributed by atoms with Crippen molar-refractivity contribution >= 4 is 23.8 Å². The molecule has 4 saturated heterocycles. The Kier molecular flexibility index (Phi) is 4.72. The highest BCUT2D eigenvalue weighted by molar-refractivity contribution is 8.09. The second-order valence-corrected chi connectivity index (χ2v) is 22.5. The van der Waals surface area contributed by atoms with Crippen LogP contribution in [0.2, 0.25) is 0 Å². The van der Waals surface area contributed by atoms with Crippen LogP contribution in [-0.4, -0.2) is 20.9 Å². The Bertz CT molecular complexity index is 1200. The number of fused-ring (bicyclic) bond motifs is 2. The van der Waals surface area contributed by atoms with Crippen molar-refractivity contribution < 1.29 is 0 Å². The largest absolute Gasteiger partial charge is 0.0796 e. The third-order valence-corrected chi connectivity index (χ3v) is 25.6. The van der Waals surface area contributed by atoms with E-state index >= 15 is 0 Å². The summed E-state index contributed by atoms with van der Waals surface area (Å²) < 4.78 is 0. The average molecular weight is 505 g/mol. The Morgan fingerprint density at radius 3 is 1.79 bits per heavy atom. The van der Waals surface area contributed by atoms with Crippen LogP contribution < -0.4 is 0 Å². The van der Waals surface area contributed by atoms with Gasteiger partial charge in [-0.05, 0) is 41.9 Å². The molecule has 0 bridgehead atoms. The zero-order valence-electron chi connectivity index (χ0n) is 22.3.